The molecule has 0 aromatic heterocycles. The maximum atomic E-state index is 11.4. The zero-order valence-electron chi connectivity index (χ0n) is 9.46. The molecule has 0 heterocycles. The molecule has 0 spiro atoms. The highest BCUT2D eigenvalue weighted by molar-refractivity contribution is 5.77. The van der Waals surface area contributed by atoms with E-state index < -0.39 is 0 Å². The van der Waals surface area contributed by atoms with Gasteiger partial charge in [-0.3, -0.25) is 4.79 Å². The molecule has 14 heavy (non-hydrogen) atoms. The van der Waals surface area contributed by atoms with E-state index in [0.29, 0.717) is 6.42 Å². The van der Waals surface area contributed by atoms with Crippen LogP contribution in [-0.2, 0) is 4.79 Å². The summed E-state index contributed by atoms with van der Waals surface area (Å²) in [7, 11) is 1.87. The fraction of sp³-hybridized carbons (Fsp3) is 0.667. The first-order valence-electron chi connectivity index (χ1n) is 5.40. The highest BCUT2D eigenvalue weighted by Crippen LogP contribution is 2.01. The van der Waals surface area contributed by atoms with Crippen LogP contribution >= 0.6 is 0 Å². The molecule has 0 unspecified atom stereocenters. The Kier molecular flexibility index (Phi) is 8.30. The smallest absolute Gasteiger partial charge is 0.226 e. The van der Waals surface area contributed by atoms with E-state index in [1.54, 1.807) is 17.1 Å². The molecule has 0 atom stereocenters. The van der Waals surface area contributed by atoms with Crippen LogP contribution in [-0.4, -0.2) is 24.4 Å². The van der Waals surface area contributed by atoms with Crippen LogP contribution in [0, 0.1) is 6.92 Å². The van der Waals surface area contributed by atoms with E-state index in [9.17, 15) is 4.79 Å². The second-order valence-corrected chi connectivity index (χ2v) is 3.55. The molecular weight excluding hydrogens is 174 g/mol. The Morgan fingerprint density at radius 2 is 2.07 bits per heavy atom. The number of carbonyl (C=O) groups excluding carboxylic acids is 1. The number of allylic oxidation sites excluding steroid dienone is 1. The van der Waals surface area contributed by atoms with Crippen molar-refractivity contribution in [2.75, 3.05) is 13.6 Å². The van der Waals surface area contributed by atoms with Gasteiger partial charge in [-0.25, -0.2) is 0 Å². The number of hydrogen-bond acceptors (Lipinski definition) is 1. The topological polar surface area (TPSA) is 20.3 Å². The first kappa shape index (κ1) is 13.2. The molecule has 0 fully saturated rings. The van der Waals surface area contributed by atoms with Crippen LogP contribution in [0.1, 0.15) is 39.0 Å². The fourth-order valence-electron chi connectivity index (χ4n) is 1.24. The second-order valence-electron chi connectivity index (χ2n) is 3.55. The third-order valence-corrected chi connectivity index (χ3v) is 2.23. The minimum Gasteiger partial charge on any atom is -0.345 e. The lowest BCUT2D eigenvalue weighted by molar-refractivity contribution is -0.129. The van der Waals surface area contributed by atoms with Gasteiger partial charge in [-0.2, -0.15) is 0 Å². The summed E-state index contributed by atoms with van der Waals surface area (Å²) in [5.74, 6) is 0.182. The van der Waals surface area contributed by atoms with E-state index in [1.807, 2.05) is 7.05 Å². The first-order valence-corrected chi connectivity index (χ1v) is 5.40. The predicted octanol–water partition coefficient (Wildman–Crippen LogP) is 2.81. The van der Waals surface area contributed by atoms with Gasteiger partial charge in [0.25, 0.3) is 0 Å². The maximum absolute atomic E-state index is 11.4. The van der Waals surface area contributed by atoms with Gasteiger partial charge in [0.1, 0.15) is 0 Å². The number of amides is 1. The van der Waals surface area contributed by atoms with E-state index in [1.165, 1.54) is 19.3 Å². The Morgan fingerprint density at radius 3 is 2.64 bits per heavy atom. The van der Waals surface area contributed by atoms with Gasteiger partial charge < -0.3 is 4.90 Å². The second kappa shape index (κ2) is 8.79. The summed E-state index contributed by atoms with van der Waals surface area (Å²) < 4.78 is 0. The first-order chi connectivity index (χ1) is 6.72. The lowest BCUT2D eigenvalue weighted by Crippen LogP contribution is -2.26. The molecule has 1 radical (unpaired) electrons. The van der Waals surface area contributed by atoms with Gasteiger partial charge >= 0.3 is 0 Å². The molecule has 0 saturated heterocycles. The minimum absolute atomic E-state index is 0.182. The summed E-state index contributed by atoms with van der Waals surface area (Å²) in [4.78, 5) is 13.2. The number of rotatable bonds is 7. The molecule has 0 N–H and O–H groups in total. The normalized spacial score (nSPS) is 10.8. The molecule has 1 amide bonds. The van der Waals surface area contributed by atoms with Gasteiger partial charge in [-0.1, -0.05) is 38.3 Å². The van der Waals surface area contributed by atoms with Gasteiger partial charge in [0.2, 0.25) is 5.91 Å². The van der Waals surface area contributed by atoms with Gasteiger partial charge in [-0.15, -0.1) is 0 Å². The molecule has 81 valence electrons. The Labute approximate surface area is 88.0 Å². The van der Waals surface area contributed by atoms with E-state index in [4.69, 9.17) is 0 Å². The fourth-order valence-corrected chi connectivity index (χ4v) is 1.24. The molecule has 0 bridgehead atoms. The number of hydrogen-bond donors (Lipinski definition) is 0. The SMILES string of the molecule is [CH2]C=CCC(=O)N(C)CCCCCC. The van der Waals surface area contributed by atoms with Crippen molar-refractivity contribution in [2.45, 2.75) is 39.0 Å². The van der Waals surface area contributed by atoms with Crippen LogP contribution in [0.15, 0.2) is 12.2 Å². The van der Waals surface area contributed by atoms with Gasteiger partial charge in [-0.05, 0) is 13.3 Å². The van der Waals surface area contributed by atoms with Crippen LogP contribution in [0.25, 0.3) is 0 Å². The average molecular weight is 196 g/mol. The quantitative estimate of drug-likeness (QED) is 0.573. The molecule has 2 heteroatoms. The van der Waals surface area contributed by atoms with Crippen molar-refractivity contribution >= 4 is 5.91 Å². The summed E-state index contributed by atoms with van der Waals surface area (Å²) in [5, 5.41) is 0. The summed E-state index contributed by atoms with van der Waals surface area (Å²) in [5.41, 5.74) is 0. The summed E-state index contributed by atoms with van der Waals surface area (Å²) >= 11 is 0. The lowest BCUT2D eigenvalue weighted by atomic mass is 10.2. The molecule has 0 saturated carbocycles. The number of unbranched alkanes of at least 4 members (excludes halogenated alkanes) is 3. The van der Waals surface area contributed by atoms with E-state index in [2.05, 4.69) is 13.8 Å². The van der Waals surface area contributed by atoms with Crippen molar-refractivity contribution in [3.05, 3.63) is 19.1 Å². The molecule has 0 aromatic rings. The van der Waals surface area contributed by atoms with Gasteiger partial charge in [0, 0.05) is 20.0 Å². The zero-order chi connectivity index (χ0) is 10.8. The standard InChI is InChI=1S/C12H22NO/c1-4-6-8-9-11-13(3)12(14)10-7-5-2/h5,7H,2,4,6,8-11H2,1,3H3. The van der Waals surface area contributed by atoms with Crippen LogP contribution in [0.5, 0.6) is 0 Å². The van der Waals surface area contributed by atoms with E-state index >= 15 is 0 Å². The minimum atomic E-state index is 0.182. The molecule has 0 aromatic carbocycles. The molecule has 0 aliphatic rings. The van der Waals surface area contributed by atoms with Crippen molar-refractivity contribution in [3.8, 4) is 0 Å². The monoisotopic (exact) mass is 196 g/mol. The lowest BCUT2D eigenvalue weighted by Gasteiger charge is -2.15. The maximum Gasteiger partial charge on any atom is 0.226 e. The Bertz CT molecular complexity index is 175. The largest absolute Gasteiger partial charge is 0.345 e. The molecule has 2 nitrogen and oxygen atoms in total. The number of nitrogens with zero attached hydrogens (tertiary/aromatic N) is 1. The van der Waals surface area contributed by atoms with Crippen LogP contribution < -0.4 is 0 Å². The molecule has 0 rings (SSSR count). The van der Waals surface area contributed by atoms with E-state index in [-0.39, 0.29) is 5.91 Å². The average Bonchev–Trinajstić information content (AvgIpc) is 2.20. The third-order valence-electron chi connectivity index (χ3n) is 2.23. The van der Waals surface area contributed by atoms with Crippen LogP contribution in [0.2, 0.25) is 0 Å². The van der Waals surface area contributed by atoms with Crippen molar-refractivity contribution in [1.29, 1.82) is 0 Å². The highest BCUT2D eigenvalue weighted by atomic mass is 16.2. The summed E-state index contributed by atoms with van der Waals surface area (Å²) in [6, 6.07) is 0. The predicted molar refractivity (Wildman–Crippen MR) is 60.9 cm³/mol. The zero-order valence-corrected chi connectivity index (χ0v) is 9.46. The van der Waals surface area contributed by atoms with Gasteiger partial charge in [0.05, 0.1) is 0 Å². The van der Waals surface area contributed by atoms with Crippen molar-refractivity contribution < 1.29 is 4.79 Å². The summed E-state index contributed by atoms with van der Waals surface area (Å²) in [6.07, 6.45) is 8.79. The third kappa shape index (κ3) is 6.70. The summed E-state index contributed by atoms with van der Waals surface area (Å²) in [6.45, 7) is 6.62. The van der Waals surface area contributed by atoms with Crippen molar-refractivity contribution in [2.24, 2.45) is 0 Å². The molecule has 0 aliphatic carbocycles. The van der Waals surface area contributed by atoms with Crippen LogP contribution in [0.3, 0.4) is 0 Å². The van der Waals surface area contributed by atoms with Crippen LogP contribution in [0.4, 0.5) is 0 Å². The Balaban J connectivity index is 3.51. The number of carbonyl (C=O) groups is 1. The van der Waals surface area contributed by atoms with Gasteiger partial charge in [0.15, 0.2) is 0 Å². The Morgan fingerprint density at radius 1 is 1.36 bits per heavy atom. The van der Waals surface area contributed by atoms with Crippen molar-refractivity contribution in [3.63, 3.8) is 0 Å². The molecular formula is C12H22NO. The Hall–Kier alpha value is -0.790. The molecule has 0 aliphatic heterocycles. The highest BCUT2D eigenvalue weighted by Gasteiger charge is 2.04. The van der Waals surface area contributed by atoms with Crippen molar-refractivity contribution in [1.82, 2.24) is 4.90 Å². The van der Waals surface area contributed by atoms with E-state index in [0.717, 1.165) is 13.0 Å².